The maximum absolute atomic E-state index is 11.3. The molecule has 0 radical (unpaired) electrons. The summed E-state index contributed by atoms with van der Waals surface area (Å²) in [5.74, 6) is 0.521. The number of hydrogen-bond acceptors (Lipinski definition) is 6. The Balaban J connectivity index is 2.02. The largest absolute Gasteiger partial charge is 0.466 e. The first-order valence-corrected chi connectivity index (χ1v) is 5.79. The molecule has 0 saturated heterocycles. The van der Waals surface area contributed by atoms with Crippen LogP contribution in [-0.4, -0.2) is 27.4 Å². The third-order valence-corrected chi connectivity index (χ3v) is 2.87. The summed E-state index contributed by atoms with van der Waals surface area (Å²) in [6, 6.07) is 0. The van der Waals surface area contributed by atoms with E-state index in [9.17, 15) is 4.79 Å². The second-order valence-electron chi connectivity index (χ2n) is 3.22. The van der Waals surface area contributed by atoms with Crippen LogP contribution in [0.1, 0.15) is 19.2 Å². The number of esters is 1. The van der Waals surface area contributed by atoms with E-state index in [4.69, 9.17) is 4.74 Å². The Morgan fingerprint density at radius 3 is 3.19 bits per heavy atom. The number of aromatic nitrogens is 3. The molecular formula is C9H12N4O2S. The fourth-order valence-corrected chi connectivity index (χ4v) is 2.05. The van der Waals surface area contributed by atoms with Crippen molar-refractivity contribution in [3.63, 3.8) is 0 Å². The smallest absolute Gasteiger partial charge is 0.311 e. The van der Waals surface area contributed by atoms with Gasteiger partial charge in [0.15, 0.2) is 0 Å². The molecule has 2 rings (SSSR count). The van der Waals surface area contributed by atoms with Crippen molar-refractivity contribution >= 4 is 17.7 Å². The van der Waals surface area contributed by atoms with Gasteiger partial charge >= 0.3 is 5.97 Å². The van der Waals surface area contributed by atoms with E-state index in [-0.39, 0.29) is 12.4 Å². The Bertz CT molecular complexity index is 441. The number of nitrogens with zero attached hydrogens (tertiary/aromatic N) is 3. The zero-order valence-corrected chi connectivity index (χ0v) is 9.87. The molecular weight excluding hydrogens is 228 g/mol. The molecule has 2 heterocycles. The van der Waals surface area contributed by atoms with Gasteiger partial charge in [-0.3, -0.25) is 10.2 Å². The highest BCUT2D eigenvalue weighted by molar-refractivity contribution is 8.02. The molecule has 0 saturated carbocycles. The fraction of sp³-hybridized carbons (Fsp3) is 0.444. The molecule has 0 atom stereocenters. The van der Waals surface area contributed by atoms with E-state index in [0.29, 0.717) is 6.61 Å². The highest BCUT2D eigenvalue weighted by atomic mass is 32.2. The van der Waals surface area contributed by atoms with Crippen LogP contribution in [0.4, 0.5) is 0 Å². The van der Waals surface area contributed by atoms with Crippen molar-refractivity contribution in [3.8, 4) is 0 Å². The van der Waals surface area contributed by atoms with Gasteiger partial charge in [0.2, 0.25) is 5.16 Å². The molecule has 1 N–H and O–H groups in total. The fourth-order valence-electron chi connectivity index (χ4n) is 1.29. The Morgan fingerprint density at radius 2 is 2.44 bits per heavy atom. The van der Waals surface area contributed by atoms with Crippen LogP contribution in [0.3, 0.4) is 0 Å². The first-order chi connectivity index (χ1) is 7.70. The Kier molecular flexibility index (Phi) is 3.14. The third-order valence-electron chi connectivity index (χ3n) is 2.00. The van der Waals surface area contributed by atoms with Crippen molar-refractivity contribution in [3.05, 3.63) is 16.9 Å². The number of carbonyl (C=O) groups is 1. The average Bonchev–Trinajstić information content (AvgIpc) is 2.61. The van der Waals surface area contributed by atoms with Crippen LogP contribution in [-0.2, 0) is 9.53 Å². The van der Waals surface area contributed by atoms with Gasteiger partial charge in [0, 0.05) is 11.1 Å². The summed E-state index contributed by atoms with van der Waals surface area (Å²) < 4.78 is 6.62. The molecule has 0 bridgehead atoms. The zero-order valence-electron chi connectivity index (χ0n) is 9.06. The molecule has 86 valence electrons. The van der Waals surface area contributed by atoms with Gasteiger partial charge in [0.25, 0.3) is 0 Å². The van der Waals surface area contributed by atoms with Crippen molar-refractivity contribution in [2.45, 2.75) is 25.4 Å². The molecule has 16 heavy (non-hydrogen) atoms. The second kappa shape index (κ2) is 4.56. The highest BCUT2D eigenvalue weighted by Crippen LogP contribution is 2.24. The van der Waals surface area contributed by atoms with Crippen LogP contribution >= 0.6 is 11.8 Å². The molecule has 1 aromatic heterocycles. The van der Waals surface area contributed by atoms with E-state index in [1.807, 2.05) is 12.3 Å². The number of ether oxygens (including phenoxy) is 1. The van der Waals surface area contributed by atoms with Gasteiger partial charge in [-0.25, -0.2) is 4.68 Å². The minimum atomic E-state index is -0.240. The number of carbonyl (C=O) groups excluding carboxylic acids is 1. The summed E-state index contributed by atoms with van der Waals surface area (Å²) in [6.07, 6.45) is 0.234. The van der Waals surface area contributed by atoms with Crippen LogP contribution in [0.2, 0.25) is 0 Å². The molecule has 1 aromatic rings. The van der Waals surface area contributed by atoms with Crippen molar-refractivity contribution < 1.29 is 9.53 Å². The SMILES string of the molecule is CCOC(=O)CC1=CSc2nnc(C)n2N1. The molecule has 7 heteroatoms. The summed E-state index contributed by atoms with van der Waals surface area (Å²) in [4.78, 5) is 11.3. The van der Waals surface area contributed by atoms with Crippen molar-refractivity contribution in [2.75, 3.05) is 12.0 Å². The zero-order chi connectivity index (χ0) is 11.5. The lowest BCUT2D eigenvalue weighted by molar-refractivity contribution is -0.142. The maximum Gasteiger partial charge on any atom is 0.311 e. The van der Waals surface area contributed by atoms with Gasteiger partial charge in [0.1, 0.15) is 5.82 Å². The normalized spacial score (nSPS) is 13.8. The topological polar surface area (TPSA) is 69.0 Å². The monoisotopic (exact) mass is 240 g/mol. The predicted octanol–water partition coefficient (Wildman–Crippen LogP) is 1.03. The van der Waals surface area contributed by atoms with Gasteiger partial charge in [0.05, 0.1) is 13.0 Å². The minimum Gasteiger partial charge on any atom is -0.466 e. The number of fused-ring (bicyclic) bond motifs is 1. The second-order valence-corrected chi connectivity index (χ2v) is 4.06. The van der Waals surface area contributed by atoms with Crippen molar-refractivity contribution in [1.29, 1.82) is 0 Å². The number of hydrogen-bond donors (Lipinski definition) is 1. The van der Waals surface area contributed by atoms with Crippen molar-refractivity contribution in [1.82, 2.24) is 14.9 Å². The first kappa shape index (κ1) is 11.0. The lowest BCUT2D eigenvalue weighted by atomic mass is 10.3. The summed E-state index contributed by atoms with van der Waals surface area (Å²) >= 11 is 1.43. The van der Waals surface area contributed by atoms with E-state index in [2.05, 4.69) is 15.6 Å². The molecule has 0 fully saturated rings. The predicted molar refractivity (Wildman–Crippen MR) is 59.3 cm³/mol. The molecule has 0 aliphatic carbocycles. The van der Waals surface area contributed by atoms with E-state index in [1.54, 1.807) is 11.6 Å². The van der Waals surface area contributed by atoms with Gasteiger partial charge in [-0.05, 0) is 13.8 Å². The number of rotatable bonds is 3. The Morgan fingerprint density at radius 1 is 1.62 bits per heavy atom. The van der Waals surface area contributed by atoms with E-state index < -0.39 is 0 Å². The van der Waals surface area contributed by atoms with Crippen LogP contribution in [0, 0.1) is 6.92 Å². The summed E-state index contributed by atoms with van der Waals surface area (Å²) in [6.45, 7) is 4.03. The molecule has 6 nitrogen and oxygen atoms in total. The number of thioether (sulfide) groups is 1. The Hall–Kier alpha value is -1.50. The lowest BCUT2D eigenvalue weighted by Crippen LogP contribution is -2.21. The number of nitrogens with one attached hydrogen (secondary N) is 1. The maximum atomic E-state index is 11.3. The summed E-state index contributed by atoms with van der Waals surface area (Å²) in [5, 5.41) is 10.5. The van der Waals surface area contributed by atoms with Crippen molar-refractivity contribution in [2.24, 2.45) is 0 Å². The third kappa shape index (κ3) is 2.19. The molecule has 0 aromatic carbocycles. The van der Waals surface area contributed by atoms with Gasteiger partial charge in [-0.2, -0.15) is 0 Å². The van der Waals surface area contributed by atoms with Crippen LogP contribution < -0.4 is 5.43 Å². The average molecular weight is 240 g/mol. The van der Waals surface area contributed by atoms with E-state index >= 15 is 0 Å². The molecule has 0 spiro atoms. The molecule has 0 amide bonds. The summed E-state index contributed by atoms with van der Waals surface area (Å²) in [7, 11) is 0. The minimum absolute atomic E-state index is 0.234. The van der Waals surface area contributed by atoms with E-state index in [1.165, 1.54) is 11.8 Å². The van der Waals surface area contributed by atoms with Gasteiger partial charge < -0.3 is 4.74 Å². The molecule has 1 aliphatic heterocycles. The molecule has 0 unspecified atom stereocenters. The Labute approximate surface area is 97.0 Å². The van der Waals surface area contributed by atoms with E-state index in [0.717, 1.165) is 16.7 Å². The number of aryl methyl sites for hydroxylation is 1. The lowest BCUT2D eigenvalue weighted by Gasteiger charge is -2.17. The summed E-state index contributed by atoms with van der Waals surface area (Å²) in [5.41, 5.74) is 3.86. The van der Waals surface area contributed by atoms with Crippen LogP contribution in [0.5, 0.6) is 0 Å². The van der Waals surface area contributed by atoms with Crippen LogP contribution in [0.25, 0.3) is 0 Å². The van der Waals surface area contributed by atoms with Gasteiger partial charge in [-0.15, -0.1) is 10.2 Å². The first-order valence-electron chi connectivity index (χ1n) is 4.91. The highest BCUT2D eigenvalue weighted by Gasteiger charge is 2.17. The molecule has 1 aliphatic rings. The quantitative estimate of drug-likeness (QED) is 0.796. The standard InChI is InChI=1S/C9H12N4O2S/c1-3-15-8(14)4-7-5-16-9-11-10-6(2)13(9)12-7/h5,12H,3-4H2,1-2H3. The van der Waals surface area contributed by atoms with Crippen LogP contribution in [0.15, 0.2) is 16.3 Å². The van der Waals surface area contributed by atoms with Gasteiger partial charge in [-0.1, -0.05) is 11.8 Å².